The molecule has 0 unspecified atom stereocenters. The van der Waals surface area contributed by atoms with Gasteiger partial charge in [-0.3, -0.25) is 4.79 Å². The molecule has 2 aromatic heterocycles. The summed E-state index contributed by atoms with van der Waals surface area (Å²) < 4.78 is 10.9. The van der Waals surface area contributed by atoms with E-state index in [1.807, 2.05) is 29.6 Å². The monoisotopic (exact) mass is 374 g/mol. The average Bonchev–Trinajstić information content (AvgIpc) is 3.11. The number of thiophene rings is 1. The number of benzene rings is 1. The van der Waals surface area contributed by atoms with Gasteiger partial charge in [0.2, 0.25) is 0 Å². The van der Waals surface area contributed by atoms with E-state index in [1.165, 1.54) is 17.5 Å². The molecule has 1 amide bonds. The Balaban J connectivity index is 1.59. The molecule has 0 bridgehead atoms. The van der Waals surface area contributed by atoms with Gasteiger partial charge < -0.3 is 14.8 Å². The molecule has 0 aliphatic heterocycles. The fourth-order valence-electron chi connectivity index (χ4n) is 2.06. The Morgan fingerprint density at radius 1 is 1.24 bits per heavy atom. The Labute approximate surface area is 154 Å². The first kappa shape index (κ1) is 17.3. The number of carbonyl (C=O) groups is 1. The predicted octanol–water partition coefficient (Wildman–Crippen LogP) is 4.64. The quantitative estimate of drug-likeness (QED) is 0.683. The van der Waals surface area contributed by atoms with E-state index in [4.69, 9.17) is 21.1 Å². The van der Waals surface area contributed by atoms with Gasteiger partial charge in [-0.25, -0.2) is 4.98 Å². The van der Waals surface area contributed by atoms with Crippen LogP contribution in [0.15, 0.2) is 54.0 Å². The molecule has 7 heteroatoms. The molecule has 0 saturated heterocycles. The molecule has 128 valence electrons. The van der Waals surface area contributed by atoms with Gasteiger partial charge in [-0.15, -0.1) is 11.3 Å². The molecular weight excluding hydrogens is 360 g/mol. The second-order valence-electron chi connectivity index (χ2n) is 5.10. The van der Waals surface area contributed by atoms with Crippen LogP contribution in [-0.2, 0) is 6.61 Å². The highest BCUT2D eigenvalue weighted by Crippen LogP contribution is 2.22. The van der Waals surface area contributed by atoms with Gasteiger partial charge in [0.25, 0.3) is 5.91 Å². The third-order valence-corrected chi connectivity index (χ3v) is 4.49. The molecule has 2 heterocycles. The Morgan fingerprint density at radius 2 is 2.08 bits per heavy atom. The van der Waals surface area contributed by atoms with E-state index in [0.29, 0.717) is 28.1 Å². The van der Waals surface area contributed by atoms with Crippen LogP contribution in [0.5, 0.6) is 11.5 Å². The van der Waals surface area contributed by atoms with Gasteiger partial charge in [0.1, 0.15) is 23.9 Å². The zero-order valence-electron chi connectivity index (χ0n) is 13.4. The minimum Gasteiger partial charge on any atom is -0.497 e. The Hall–Kier alpha value is -2.57. The van der Waals surface area contributed by atoms with E-state index in [2.05, 4.69) is 10.3 Å². The van der Waals surface area contributed by atoms with Crippen LogP contribution in [0.2, 0.25) is 5.02 Å². The molecule has 0 spiro atoms. The first-order chi connectivity index (χ1) is 12.1. The van der Waals surface area contributed by atoms with Crippen molar-refractivity contribution in [2.45, 2.75) is 6.61 Å². The maximum absolute atomic E-state index is 12.2. The van der Waals surface area contributed by atoms with Gasteiger partial charge in [-0.1, -0.05) is 17.7 Å². The molecule has 3 aromatic rings. The van der Waals surface area contributed by atoms with Gasteiger partial charge in [0.05, 0.1) is 17.0 Å². The summed E-state index contributed by atoms with van der Waals surface area (Å²) in [5, 5.41) is 5.14. The van der Waals surface area contributed by atoms with E-state index in [9.17, 15) is 4.79 Å². The zero-order valence-corrected chi connectivity index (χ0v) is 14.9. The highest BCUT2D eigenvalue weighted by atomic mass is 35.5. The lowest BCUT2D eigenvalue weighted by atomic mass is 10.3. The van der Waals surface area contributed by atoms with Crippen molar-refractivity contribution in [2.24, 2.45) is 0 Å². The summed E-state index contributed by atoms with van der Waals surface area (Å²) in [5.74, 6) is 1.68. The predicted molar refractivity (Wildman–Crippen MR) is 98.8 cm³/mol. The van der Waals surface area contributed by atoms with Crippen molar-refractivity contribution >= 4 is 34.7 Å². The summed E-state index contributed by atoms with van der Waals surface area (Å²) in [5.41, 5.74) is 0.919. The smallest absolute Gasteiger partial charge is 0.266 e. The van der Waals surface area contributed by atoms with E-state index < -0.39 is 0 Å². The van der Waals surface area contributed by atoms with Gasteiger partial charge in [0, 0.05) is 17.8 Å². The molecule has 0 radical (unpaired) electrons. The van der Waals surface area contributed by atoms with Crippen molar-refractivity contribution < 1.29 is 14.3 Å². The lowest BCUT2D eigenvalue weighted by molar-refractivity contribution is 0.103. The summed E-state index contributed by atoms with van der Waals surface area (Å²) in [4.78, 5) is 16.9. The summed E-state index contributed by atoms with van der Waals surface area (Å²) in [6.45, 7) is 0.371. The van der Waals surface area contributed by atoms with Crippen LogP contribution < -0.4 is 14.8 Å². The molecule has 1 N–H and O–H groups in total. The fraction of sp³-hybridized carbons (Fsp3) is 0.111. The minimum absolute atomic E-state index is 0.215. The number of halogens is 1. The Morgan fingerprint density at radius 3 is 2.84 bits per heavy atom. The zero-order chi connectivity index (χ0) is 17.6. The standard InChI is InChI=1S/C18H15ClN2O3S/c1-23-14-3-2-4-15(8-14)24-10-12-7-16(25-11-12)18(22)21-17-6-5-13(19)9-20-17/h2-9,11H,10H2,1H3,(H,20,21,22). The number of anilines is 1. The topological polar surface area (TPSA) is 60.5 Å². The number of nitrogens with zero attached hydrogens (tertiary/aromatic N) is 1. The highest BCUT2D eigenvalue weighted by molar-refractivity contribution is 7.12. The molecule has 0 aliphatic rings. The number of nitrogens with one attached hydrogen (secondary N) is 1. The van der Waals surface area contributed by atoms with E-state index in [0.717, 1.165) is 11.3 Å². The SMILES string of the molecule is COc1cccc(OCc2csc(C(=O)Nc3ccc(Cl)cn3)c2)c1. The number of methoxy groups -OCH3 is 1. The van der Waals surface area contributed by atoms with Gasteiger partial charge in [-0.05, 0) is 35.7 Å². The summed E-state index contributed by atoms with van der Waals surface area (Å²) >= 11 is 7.13. The number of hydrogen-bond acceptors (Lipinski definition) is 5. The summed E-state index contributed by atoms with van der Waals surface area (Å²) in [6, 6.07) is 12.5. The van der Waals surface area contributed by atoms with Crippen LogP contribution in [0.4, 0.5) is 5.82 Å². The number of amides is 1. The lowest BCUT2D eigenvalue weighted by Crippen LogP contribution is -2.11. The van der Waals surface area contributed by atoms with Crippen molar-refractivity contribution in [3.05, 3.63) is 69.5 Å². The minimum atomic E-state index is -0.215. The number of hydrogen-bond donors (Lipinski definition) is 1. The maximum Gasteiger partial charge on any atom is 0.266 e. The largest absolute Gasteiger partial charge is 0.497 e. The first-order valence-corrected chi connectivity index (χ1v) is 8.67. The number of aromatic nitrogens is 1. The molecule has 0 atom stereocenters. The van der Waals surface area contributed by atoms with Crippen LogP contribution in [0.3, 0.4) is 0 Å². The van der Waals surface area contributed by atoms with Crippen LogP contribution in [0, 0.1) is 0 Å². The highest BCUT2D eigenvalue weighted by Gasteiger charge is 2.10. The van der Waals surface area contributed by atoms with Crippen molar-refractivity contribution in [3.63, 3.8) is 0 Å². The van der Waals surface area contributed by atoms with E-state index in [1.54, 1.807) is 25.3 Å². The van der Waals surface area contributed by atoms with E-state index >= 15 is 0 Å². The molecule has 0 fully saturated rings. The second-order valence-corrected chi connectivity index (χ2v) is 6.45. The molecule has 0 saturated carbocycles. The molecule has 5 nitrogen and oxygen atoms in total. The lowest BCUT2D eigenvalue weighted by Gasteiger charge is -2.06. The summed E-state index contributed by atoms with van der Waals surface area (Å²) in [6.07, 6.45) is 1.49. The van der Waals surface area contributed by atoms with Crippen LogP contribution >= 0.6 is 22.9 Å². The first-order valence-electron chi connectivity index (χ1n) is 7.41. The van der Waals surface area contributed by atoms with E-state index in [-0.39, 0.29) is 5.91 Å². The summed E-state index contributed by atoms with van der Waals surface area (Å²) in [7, 11) is 1.61. The van der Waals surface area contributed by atoms with Crippen LogP contribution in [0.1, 0.15) is 15.2 Å². The van der Waals surface area contributed by atoms with Crippen LogP contribution in [-0.4, -0.2) is 18.0 Å². The normalized spacial score (nSPS) is 10.3. The number of pyridine rings is 1. The molecule has 3 rings (SSSR count). The Bertz CT molecular complexity index is 865. The molecule has 25 heavy (non-hydrogen) atoms. The van der Waals surface area contributed by atoms with Crippen molar-refractivity contribution in [2.75, 3.05) is 12.4 Å². The number of carbonyl (C=O) groups excluding carboxylic acids is 1. The van der Waals surface area contributed by atoms with Crippen molar-refractivity contribution in [1.82, 2.24) is 4.98 Å². The van der Waals surface area contributed by atoms with Gasteiger partial charge >= 0.3 is 0 Å². The maximum atomic E-state index is 12.2. The van der Waals surface area contributed by atoms with Crippen molar-refractivity contribution in [3.8, 4) is 11.5 Å². The second kappa shape index (κ2) is 8.00. The Kier molecular flexibility index (Phi) is 5.53. The van der Waals surface area contributed by atoms with Gasteiger partial charge in [-0.2, -0.15) is 0 Å². The number of rotatable bonds is 6. The molecule has 1 aromatic carbocycles. The number of ether oxygens (including phenoxy) is 2. The average molecular weight is 375 g/mol. The molecular formula is C18H15ClN2O3S. The molecule has 0 aliphatic carbocycles. The van der Waals surface area contributed by atoms with Crippen molar-refractivity contribution in [1.29, 1.82) is 0 Å². The third-order valence-electron chi connectivity index (χ3n) is 3.29. The third kappa shape index (κ3) is 4.71. The van der Waals surface area contributed by atoms with Gasteiger partial charge in [0.15, 0.2) is 0 Å². The van der Waals surface area contributed by atoms with Crippen LogP contribution in [0.25, 0.3) is 0 Å². The fourth-order valence-corrected chi connectivity index (χ4v) is 2.96.